The predicted octanol–water partition coefficient (Wildman–Crippen LogP) is 1.69. The fourth-order valence-corrected chi connectivity index (χ4v) is 2.64. The van der Waals surface area contributed by atoms with Crippen LogP contribution in [0.1, 0.15) is 31.4 Å². The number of aromatic nitrogens is 2. The number of ether oxygens (including phenoxy) is 1. The van der Waals surface area contributed by atoms with Gasteiger partial charge in [0.15, 0.2) is 0 Å². The van der Waals surface area contributed by atoms with E-state index in [-0.39, 0.29) is 11.7 Å². The summed E-state index contributed by atoms with van der Waals surface area (Å²) in [4.78, 5) is 16.8. The van der Waals surface area contributed by atoms with Crippen molar-refractivity contribution < 1.29 is 4.74 Å². The molecule has 1 aliphatic heterocycles. The Balaban J connectivity index is 1.76. The average molecular weight is 261 g/mol. The van der Waals surface area contributed by atoms with Gasteiger partial charge in [0.1, 0.15) is 0 Å². The molecule has 1 saturated heterocycles. The Hall–Kier alpha value is -1.59. The minimum Gasteiger partial charge on any atom is -0.380 e. The molecule has 0 spiro atoms. The summed E-state index contributed by atoms with van der Waals surface area (Å²) in [6, 6.07) is 6.68. The van der Waals surface area contributed by atoms with Crippen molar-refractivity contribution in [2.75, 3.05) is 13.2 Å². The third kappa shape index (κ3) is 2.72. The normalized spacial score (nSPS) is 21.6. The number of rotatable bonds is 3. The maximum atomic E-state index is 11.2. The van der Waals surface area contributed by atoms with Gasteiger partial charge < -0.3 is 20.0 Å². The van der Waals surface area contributed by atoms with Gasteiger partial charge >= 0.3 is 5.69 Å². The van der Waals surface area contributed by atoms with E-state index in [1.54, 1.807) is 0 Å². The summed E-state index contributed by atoms with van der Waals surface area (Å²) in [7, 11) is 0. The second-order valence-corrected chi connectivity index (χ2v) is 5.19. The standard InChI is InChI=1S/C14H19N3O2/c1-9(15-11-3-2-6-19-8-11)10-4-5-12-13(7-10)17-14(18)16-12/h4-5,7,9,11,15H,2-3,6,8H2,1H3,(H2,16,17,18). The predicted molar refractivity (Wildman–Crippen MR) is 74.3 cm³/mol. The largest absolute Gasteiger partial charge is 0.380 e. The Bertz CT molecular complexity index is 610. The van der Waals surface area contributed by atoms with Crippen molar-refractivity contribution in [3.8, 4) is 0 Å². The summed E-state index contributed by atoms with van der Waals surface area (Å²) in [5, 5.41) is 3.58. The maximum absolute atomic E-state index is 11.2. The van der Waals surface area contributed by atoms with Gasteiger partial charge in [-0.2, -0.15) is 0 Å². The minimum atomic E-state index is -0.159. The van der Waals surface area contributed by atoms with Crippen LogP contribution in [0, 0.1) is 0 Å². The van der Waals surface area contributed by atoms with Gasteiger partial charge in [-0.3, -0.25) is 0 Å². The first-order valence-corrected chi connectivity index (χ1v) is 6.78. The molecular formula is C14H19N3O2. The number of H-pyrrole nitrogens is 2. The molecule has 0 aliphatic carbocycles. The SMILES string of the molecule is CC(NC1CCCOC1)c1ccc2[nH]c(=O)[nH]c2c1. The Kier molecular flexibility index (Phi) is 3.40. The molecule has 0 amide bonds. The molecule has 1 aromatic carbocycles. The van der Waals surface area contributed by atoms with Crippen molar-refractivity contribution in [3.63, 3.8) is 0 Å². The van der Waals surface area contributed by atoms with Crippen LogP contribution >= 0.6 is 0 Å². The zero-order valence-electron chi connectivity index (χ0n) is 11.0. The third-order valence-electron chi connectivity index (χ3n) is 3.69. The molecule has 2 atom stereocenters. The van der Waals surface area contributed by atoms with E-state index in [2.05, 4.69) is 22.2 Å². The van der Waals surface area contributed by atoms with E-state index in [1.165, 1.54) is 5.56 Å². The summed E-state index contributed by atoms with van der Waals surface area (Å²) >= 11 is 0. The molecule has 19 heavy (non-hydrogen) atoms. The smallest absolute Gasteiger partial charge is 0.323 e. The lowest BCUT2D eigenvalue weighted by Gasteiger charge is -2.27. The topological polar surface area (TPSA) is 69.9 Å². The molecule has 0 saturated carbocycles. The summed E-state index contributed by atoms with van der Waals surface area (Å²) < 4.78 is 5.48. The third-order valence-corrected chi connectivity index (χ3v) is 3.69. The average Bonchev–Trinajstić information content (AvgIpc) is 2.78. The molecule has 1 aromatic heterocycles. The molecule has 0 bridgehead atoms. The highest BCUT2D eigenvalue weighted by Gasteiger charge is 2.17. The molecule has 5 heteroatoms. The van der Waals surface area contributed by atoms with Crippen molar-refractivity contribution in [1.29, 1.82) is 0 Å². The Morgan fingerprint density at radius 1 is 1.37 bits per heavy atom. The van der Waals surface area contributed by atoms with E-state index in [4.69, 9.17) is 4.74 Å². The first kappa shape index (κ1) is 12.4. The van der Waals surface area contributed by atoms with E-state index in [0.29, 0.717) is 6.04 Å². The van der Waals surface area contributed by atoms with Crippen LogP contribution in [0.4, 0.5) is 0 Å². The second kappa shape index (κ2) is 5.19. The molecule has 1 fully saturated rings. The molecule has 2 unspecified atom stereocenters. The Morgan fingerprint density at radius 3 is 3.00 bits per heavy atom. The summed E-state index contributed by atoms with van der Waals surface area (Å²) in [6.45, 7) is 3.80. The van der Waals surface area contributed by atoms with Crippen LogP contribution in [0.25, 0.3) is 11.0 Å². The summed E-state index contributed by atoms with van der Waals surface area (Å²) in [5.74, 6) is 0. The zero-order valence-corrected chi connectivity index (χ0v) is 11.0. The van der Waals surface area contributed by atoms with Crippen LogP contribution < -0.4 is 11.0 Å². The monoisotopic (exact) mass is 261 g/mol. The quantitative estimate of drug-likeness (QED) is 0.787. The van der Waals surface area contributed by atoms with Crippen molar-refractivity contribution >= 4 is 11.0 Å². The van der Waals surface area contributed by atoms with Crippen LogP contribution in [-0.4, -0.2) is 29.2 Å². The van der Waals surface area contributed by atoms with E-state index in [9.17, 15) is 4.79 Å². The first-order valence-electron chi connectivity index (χ1n) is 6.78. The minimum absolute atomic E-state index is 0.159. The van der Waals surface area contributed by atoms with Gasteiger partial charge in [-0.1, -0.05) is 6.07 Å². The van der Waals surface area contributed by atoms with Crippen molar-refractivity contribution in [3.05, 3.63) is 34.2 Å². The van der Waals surface area contributed by atoms with Crippen molar-refractivity contribution in [2.45, 2.75) is 31.8 Å². The first-order chi connectivity index (χ1) is 9.22. The Labute approximate surface area is 111 Å². The lowest BCUT2D eigenvalue weighted by atomic mass is 10.0. The highest BCUT2D eigenvalue weighted by molar-refractivity contribution is 5.75. The van der Waals surface area contributed by atoms with Crippen LogP contribution in [0.5, 0.6) is 0 Å². The van der Waals surface area contributed by atoms with E-state index in [0.717, 1.165) is 37.1 Å². The number of fused-ring (bicyclic) bond motifs is 1. The number of aromatic amines is 2. The zero-order chi connectivity index (χ0) is 13.2. The number of imidazole rings is 1. The van der Waals surface area contributed by atoms with Crippen LogP contribution in [0.2, 0.25) is 0 Å². The number of hydrogen-bond donors (Lipinski definition) is 3. The van der Waals surface area contributed by atoms with Gasteiger partial charge in [0.25, 0.3) is 0 Å². The van der Waals surface area contributed by atoms with Gasteiger partial charge in [-0.25, -0.2) is 4.79 Å². The number of benzene rings is 1. The molecule has 0 radical (unpaired) electrons. The Morgan fingerprint density at radius 2 is 2.21 bits per heavy atom. The molecule has 5 nitrogen and oxygen atoms in total. The maximum Gasteiger partial charge on any atom is 0.323 e. The molecule has 3 N–H and O–H groups in total. The lowest BCUT2D eigenvalue weighted by Crippen LogP contribution is -2.38. The van der Waals surface area contributed by atoms with Crippen molar-refractivity contribution in [2.24, 2.45) is 0 Å². The lowest BCUT2D eigenvalue weighted by molar-refractivity contribution is 0.0671. The van der Waals surface area contributed by atoms with Gasteiger partial charge in [0.05, 0.1) is 17.6 Å². The van der Waals surface area contributed by atoms with Gasteiger partial charge in [0.2, 0.25) is 0 Å². The second-order valence-electron chi connectivity index (χ2n) is 5.19. The van der Waals surface area contributed by atoms with Crippen molar-refractivity contribution in [1.82, 2.24) is 15.3 Å². The summed E-state index contributed by atoms with van der Waals surface area (Å²) in [6.07, 6.45) is 2.28. The number of nitrogens with one attached hydrogen (secondary N) is 3. The fraction of sp³-hybridized carbons (Fsp3) is 0.500. The van der Waals surface area contributed by atoms with Gasteiger partial charge in [-0.05, 0) is 37.5 Å². The molecule has 3 rings (SSSR count). The highest BCUT2D eigenvalue weighted by Crippen LogP contribution is 2.19. The van der Waals surface area contributed by atoms with Crippen LogP contribution in [0.3, 0.4) is 0 Å². The molecule has 1 aliphatic rings. The fourth-order valence-electron chi connectivity index (χ4n) is 2.64. The molecule has 102 valence electrons. The van der Waals surface area contributed by atoms with E-state index in [1.807, 2.05) is 18.2 Å². The van der Waals surface area contributed by atoms with E-state index >= 15 is 0 Å². The van der Waals surface area contributed by atoms with E-state index < -0.39 is 0 Å². The highest BCUT2D eigenvalue weighted by atomic mass is 16.5. The summed E-state index contributed by atoms with van der Waals surface area (Å²) in [5.41, 5.74) is 2.72. The number of hydrogen-bond acceptors (Lipinski definition) is 3. The van der Waals surface area contributed by atoms with Gasteiger partial charge in [-0.15, -0.1) is 0 Å². The molecular weight excluding hydrogens is 242 g/mol. The van der Waals surface area contributed by atoms with Crippen LogP contribution in [-0.2, 0) is 4.74 Å². The molecule has 2 heterocycles. The van der Waals surface area contributed by atoms with Crippen LogP contribution in [0.15, 0.2) is 23.0 Å². The molecule has 2 aromatic rings. The van der Waals surface area contributed by atoms with Gasteiger partial charge in [0, 0.05) is 18.7 Å².